The zero-order chi connectivity index (χ0) is 25.7. The van der Waals surface area contributed by atoms with E-state index in [9.17, 15) is 0 Å². The average molecular weight is 680 g/mol. The zero-order valence-corrected chi connectivity index (χ0v) is 23.8. The molecule has 191 valence electrons. The van der Waals surface area contributed by atoms with Gasteiger partial charge in [0, 0.05) is 43.3 Å². The van der Waals surface area contributed by atoms with Gasteiger partial charge in [-0.05, 0) is 41.3 Å². The number of aryl methyl sites for hydroxylation is 1. The Morgan fingerprint density at radius 3 is 1.82 bits per heavy atom. The first-order chi connectivity index (χ1) is 18.8. The second kappa shape index (κ2) is 12.0. The largest absolute Gasteiger partial charge is 0.327 e. The monoisotopic (exact) mass is 680 g/mol. The van der Waals surface area contributed by atoms with Crippen LogP contribution in [0.2, 0.25) is 0 Å². The Labute approximate surface area is 242 Å². The number of hydrogen-bond donors (Lipinski definition) is 0. The molecular formula is C35H25IrN3-2. The van der Waals surface area contributed by atoms with Crippen LogP contribution in [-0.4, -0.2) is 14.5 Å². The molecule has 0 bridgehead atoms. The summed E-state index contributed by atoms with van der Waals surface area (Å²) in [5.41, 5.74) is 8.76. The number of rotatable bonds is 3. The van der Waals surface area contributed by atoms with E-state index in [1.54, 1.807) is 6.20 Å². The van der Waals surface area contributed by atoms with Crippen molar-refractivity contribution in [2.24, 2.45) is 0 Å². The zero-order valence-electron chi connectivity index (χ0n) is 21.4. The maximum atomic E-state index is 4.46. The van der Waals surface area contributed by atoms with Crippen LogP contribution in [0, 0.1) is 19.1 Å². The van der Waals surface area contributed by atoms with Crippen LogP contribution in [-0.2, 0) is 20.1 Å². The minimum absolute atomic E-state index is 0. The van der Waals surface area contributed by atoms with Crippen molar-refractivity contribution in [3.63, 3.8) is 0 Å². The number of aromatic nitrogens is 3. The Morgan fingerprint density at radius 1 is 0.590 bits per heavy atom. The molecule has 1 radical (unpaired) electrons. The summed E-state index contributed by atoms with van der Waals surface area (Å²) in [5.74, 6) is 0. The molecule has 7 aromatic rings. The van der Waals surface area contributed by atoms with E-state index in [2.05, 4.69) is 100 Å². The summed E-state index contributed by atoms with van der Waals surface area (Å²) in [5, 5.41) is 2.54. The molecule has 0 aliphatic carbocycles. The molecule has 39 heavy (non-hydrogen) atoms. The van der Waals surface area contributed by atoms with Crippen LogP contribution in [0.4, 0.5) is 0 Å². The number of hydrogen-bond acceptors (Lipinski definition) is 2. The first-order valence-electron chi connectivity index (χ1n) is 12.6. The Morgan fingerprint density at radius 2 is 1.21 bits per heavy atom. The molecular weight excluding hydrogens is 655 g/mol. The third-order valence-electron chi connectivity index (χ3n) is 6.55. The molecule has 0 atom stereocenters. The molecule has 0 N–H and O–H groups in total. The molecule has 3 aromatic heterocycles. The second-order valence-electron chi connectivity index (χ2n) is 8.99. The van der Waals surface area contributed by atoms with E-state index in [0.29, 0.717) is 0 Å². The Bertz CT molecular complexity index is 1770. The molecule has 4 aromatic carbocycles. The van der Waals surface area contributed by atoms with Crippen LogP contribution in [0.15, 0.2) is 134 Å². The van der Waals surface area contributed by atoms with Crippen molar-refractivity contribution in [2.75, 3.05) is 0 Å². The summed E-state index contributed by atoms with van der Waals surface area (Å²) < 4.78 is 2.31. The van der Waals surface area contributed by atoms with Gasteiger partial charge in [0.15, 0.2) is 0 Å². The summed E-state index contributed by atoms with van der Waals surface area (Å²) in [6.45, 7) is 2.07. The van der Waals surface area contributed by atoms with Crippen molar-refractivity contribution in [3.8, 4) is 28.2 Å². The normalized spacial score (nSPS) is 10.5. The van der Waals surface area contributed by atoms with Crippen LogP contribution in [0.25, 0.3) is 50.0 Å². The predicted molar refractivity (Wildman–Crippen MR) is 156 cm³/mol. The van der Waals surface area contributed by atoms with Crippen LogP contribution >= 0.6 is 0 Å². The molecule has 0 fully saturated rings. The SMILES string of the molecule is Cc1ccc[c-]c1-c1ccccn1.[Ir].[c-]1ccc(-n2c3ccccc3c3ccccc32)cc1-c1ccccn1. The van der Waals surface area contributed by atoms with Gasteiger partial charge in [-0.3, -0.25) is 0 Å². The maximum absolute atomic E-state index is 4.46. The van der Waals surface area contributed by atoms with Crippen LogP contribution in [0.1, 0.15) is 5.56 Å². The molecule has 3 heterocycles. The first-order valence-corrected chi connectivity index (χ1v) is 12.6. The third-order valence-corrected chi connectivity index (χ3v) is 6.55. The van der Waals surface area contributed by atoms with E-state index in [0.717, 1.165) is 28.2 Å². The van der Waals surface area contributed by atoms with Crippen molar-refractivity contribution < 1.29 is 20.1 Å². The van der Waals surface area contributed by atoms with Gasteiger partial charge in [-0.2, -0.15) is 0 Å². The molecule has 0 aliphatic rings. The van der Waals surface area contributed by atoms with Crippen LogP contribution in [0.5, 0.6) is 0 Å². The Balaban J connectivity index is 0.000000187. The summed E-state index contributed by atoms with van der Waals surface area (Å²) in [4.78, 5) is 8.73. The third kappa shape index (κ3) is 5.44. The summed E-state index contributed by atoms with van der Waals surface area (Å²) in [6.07, 6.45) is 3.62. The second-order valence-corrected chi connectivity index (χ2v) is 8.99. The summed E-state index contributed by atoms with van der Waals surface area (Å²) >= 11 is 0. The standard InChI is InChI=1S/C23H15N2.C12H10N.Ir/c1-3-13-22-19(10-1)20-11-2-4-14-23(20)25(22)18-9-7-8-17(16-18)21-12-5-6-15-24-21;1-10-6-2-3-7-11(10)12-8-4-5-9-13-12;/h1-7,9-16H;2-6,8-9H,1H3;/q2*-1;. The molecule has 3 nitrogen and oxygen atoms in total. The average Bonchev–Trinajstić information content (AvgIpc) is 3.33. The minimum atomic E-state index is 0. The number of nitrogens with zero attached hydrogens (tertiary/aromatic N) is 3. The van der Waals surface area contributed by atoms with E-state index in [-0.39, 0.29) is 20.1 Å². The quantitative estimate of drug-likeness (QED) is 0.176. The van der Waals surface area contributed by atoms with Gasteiger partial charge in [-0.1, -0.05) is 67.6 Å². The van der Waals surface area contributed by atoms with E-state index >= 15 is 0 Å². The molecule has 0 aliphatic heterocycles. The summed E-state index contributed by atoms with van der Waals surface area (Å²) in [7, 11) is 0. The van der Waals surface area contributed by atoms with Gasteiger partial charge in [-0.25, -0.2) is 0 Å². The molecule has 0 saturated carbocycles. The first kappa shape index (κ1) is 26.2. The predicted octanol–water partition coefficient (Wildman–Crippen LogP) is 8.50. The van der Waals surface area contributed by atoms with Gasteiger partial charge in [0.1, 0.15) is 0 Å². The van der Waals surface area contributed by atoms with Gasteiger partial charge in [0.25, 0.3) is 0 Å². The van der Waals surface area contributed by atoms with Gasteiger partial charge in [0.05, 0.1) is 11.0 Å². The van der Waals surface area contributed by atoms with Crippen molar-refractivity contribution in [2.45, 2.75) is 6.92 Å². The molecule has 4 heteroatoms. The van der Waals surface area contributed by atoms with Gasteiger partial charge < -0.3 is 14.5 Å². The number of para-hydroxylation sites is 2. The van der Waals surface area contributed by atoms with Gasteiger partial charge in [-0.15, -0.1) is 65.2 Å². The van der Waals surface area contributed by atoms with Crippen molar-refractivity contribution >= 4 is 21.8 Å². The van der Waals surface area contributed by atoms with Crippen LogP contribution in [0.3, 0.4) is 0 Å². The van der Waals surface area contributed by atoms with Crippen molar-refractivity contribution in [3.05, 3.63) is 151 Å². The fraction of sp³-hybridized carbons (Fsp3) is 0.0286. The maximum Gasteiger partial charge on any atom is 0.0523 e. The van der Waals surface area contributed by atoms with Crippen molar-refractivity contribution in [1.82, 2.24) is 14.5 Å². The molecule has 7 rings (SSSR count). The van der Waals surface area contributed by atoms with Gasteiger partial charge >= 0.3 is 0 Å². The van der Waals surface area contributed by atoms with E-state index in [4.69, 9.17) is 0 Å². The van der Waals surface area contributed by atoms with Crippen molar-refractivity contribution in [1.29, 1.82) is 0 Å². The summed E-state index contributed by atoms with van der Waals surface area (Å²) in [6, 6.07) is 47.6. The topological polar surface area (TPSA) is 30.7 Å². The van der Waals surface area contributed by atoms with E-state index in [1.807, 2.05) is 60.8 Å². The minimum Gasteiger partial charge on any atom is -0.327 e. The van der Waals surface area contributed by atoms with E-state index < -0.39 is 0 Å². The molecule has 0 unspecified atom stereocenters. The molecule has 0 spiro atoms. The fourth-order valence-electron chi connectivity index (χ4n) is 4.77. The number of benzene rings is 4. The van der Waals surface area contributed by atoms with E-state index in [1.165, 1.54) is 27.4 Å². The number of pyridine rings is 2. The molecule has 0 saturated heterocycles. The van der Waals surface area contributed by atoms with Crippen LogP contribution < -0.4 is 0 Å². The molecule has 0 amide bonds. The fourth-order valence-corrected chi connectivity index (χ4v) is 4.77. The Kier molecular flexibility index (Phi) is 8.07. The Hall–Kier alpha value is -4.37. The van der Waals surface area contributed by atoms with Gasteiger partial charge in [0.2, 0.25) is 0 Å². The number of fused-ring (bicyclic) bond motifs is 3. The smallest absolute Gasteiger partial charge is 0.0523 e.